The molecule has 0 radical (unpaired) electrons. The highest BCUT2D eigenvalue weighted by molar-refractivity contribution is 5.65. The van der Waals surface area contributed by atoms with E-state index in [0.717, 1.165) is 5.56 Å². The Hall–Kier alpha value is -1.55. The first-order valence-corrected chi connectivity index (χ1v) is 6.21. The van der Waals surface area contributed by atoms with Crippen LogP contribution >= 0.6 is 0 Å². The van der Waals surface area contributed by atoms with Gasteiger partial charge in [-0.2, -0.15) is 0 Å². The van der Waals surface area contributed by atoms with Crippen LogP contribution in [0.25, 0.3) is 0 Å². The van der Waals surface area contributed by atoms with Gasteiger partial charge < -0.3 is 15.5 Å². The van der Waals surface area contributed by atoms with Crippen molar-refractivity contribution < 1.29 is 15.0 Å². The minimum absolute atomic E-state index is 0.00713. The van der Waals surface area contributed by atoms with Gasteiger partial charge in [-0.25, -0.2) is 4.79 Å². The van der Waals surface area contributed by atoms with Crippen molar-refractivity contribution in [2.24, 2.45) is 5.92 Å². The average molecular weight is 251 g/mol. The molecule has 0 aliphatic carbocycles. The van der Waals surface area contributed by atoms with Crippen LogP contribution in [-0.2, 0) is 0 Å². The third-order valence-corrected chi connectivity index (χ3v) is 3.11. The van der Waals surface area contributed by atoms with Crippen molar-refractivity contribution in [3.05, 3.63) is 35.9 Å². The lowest BCUT2D eigenvalue weighted by molar-refractivity contribution is 0.177. The van der Waals surface area contributed by atoms with E-state index >= 15 is 0 Å². The van der Waals surface area contributed by atoms with Crippen molar-refractivity contribution in [3.63, 3.8) is 0 Å². The van der Waals surface area contributed by atoms with Gasteiger partial charge in [0, 0.05) is 18.6 Å². The number of nitrogens with one attached hydrogen (secondary N) is 1. The molecule has 1 rings (SSSR count). The lowest BCUT2D eigenvalue weighted by Crippen LogP contribution is -2.42. The summed E-state index contributed by atoms with van der Waals surface area (Å²) in [6.07, 6.45) is -0.472. The fraction of sp³-hybridized carbons (Fsp3) is 0.500. The molecule has 0 heterocycles. The summed E-state index contributed by atoms with van der Waals surface area (Å²) in [5, 5.41) is 20.7. The largest absolute Gasteiger partial charge is 0.465 e. The minimum Gasteiger partial charge on any atom is -0.465 e. The molecule has 0 saturated carbocycles. The van der Waals surface area contributed by atoms with Crippen molar-refractivity contribution in [1.29, 1.82) is 0 Å². The number of hydrogen-bond acceptors (Lipinski definition) is 2. The van der Waals surface area contributed by atoms with Crippen molar-refractivity contribution >= 4 is 6.09 Å². The van der Waals surface area contributed by atoms with Crippen LogP contribution in [0.5, 0.6) is 0 Å². The fourth-order valence-electron chi connectivity index (χ4n) is 2.27. The Labute approximate surface area is 108 Å². The highest BCUT2D eigenvalue weighted by atomic mass is 16.4. The summed E-state index contributed by atoms with van der Waals surface area (Å²) in [5.74, 6) is 0.158. The standard InChI is InChI=1S/C14H21NO3/c1-10(2)13(15-14(17)18)12(8-9-16)11-6-4-3-5-7-11/h3-7,10,12-13,15-16H,8-9H2,1-2H3,(H,17,18). The summed E-state index contributed by atoms with van der Waals surface area (Å²) in [6.45, 7) is 4.01. The van der Waals surface area contributed by atoms with Crippen molar-refractivity contribution in [3.8, 4) is 0 Å². The van der Waals surface area contributed by atoms with Gasteiger partial charge in [-0.1, -0.05) is 44.2 Å². The second-order valence-electron chi connectivity index (χ2n) is 4.75. The summed E-state index contributed by atoms with van der Waals surface area (Å²) >= 11 is 0. The van der Waals surface area contributed by atoms with Gasteiger partial charge in [0.05, 0.1) is 0 Å². The molecule has 1 aromatic carbocycles. The molecule has 0 aliphatic heterocycles. The fourth-order valence-corrected chi connectivity index (χ4v) is 2.27. The highest BCUT2D eigenvalue weighted by Crippen LogP contribution is 2.27. The van der Waals surface area contributed by atoms with E-state index in [4.69, 9.17) is 5.11 Å². The molecule has 18 heavy (non-hydrogen) atoms. The lowest BCUT2D eigenvalue weighted by atomic mass is 9.83. The summed E-state index contributed by atoms with van der Waals surface area (Å²) in [4.78, 5) is 10.9. The maximum atomic E-state index is 10.9. The molecule has 2 unspecified atom stereocenters. The molecule has 2 atom stereocenters. The first-order chi connectivity index (χ1) is 8.56. The zero-order chi connectivity index (χ0) is 13.5. The van der Waals surface area contributed by atoms with Gasteiger partial charge in [-0.05, 0) is 17.9 Å². The number of hydrogen-bond donors (Lipinski definition) is 3. The van der Waals surface area contributed by atoms with Crippen LogP contribution in [0.2, 0.25) is 0 Å². The van der Waals surface area contributed by atoms with Gasteiger partial charge in [0.25, 0.3) is 0 Å². The Bertz CT molecular complexity index is 365. The maximum Gasteiger partial charge on any atom is 0.404 e. The van der Waals surface area contributed by atoms with Crippen LogP contribution in [0, 0.1) is 5.92 Å². The number of benzene rings is 1. The summed E-state index contributed by atoms with van der Waals surface area (Å²) in [6, 6.07) is 9.53. The Morgan fingerprint density at radius 1 is 1.28 bits per heavy atom. The molecule has 4 nitrogen and oxygen atoms in total. The lowest BCUT2D eigenvalue weighted by Gasteiger charge is -2.30. The minimum atomic E-state index is -1.02. The molecule has 0 aliphatic rings. The molecule has 1 aromatic rings. The SMILES string of the molecule is CC(C)C(NC(=O)O)C(CCO)c1ccccc1. The topological polar surface area (TPSA) is 69.6 Å². The third-order valence-electron chi connectivity index (χ3n) is 3.11. The third kappa shape index (κ3) is 4.04. The second-order valence-corrected chi connectivity index (χ2v) is 4.75. The Kier molecular flexibility index (Phi) is 5.65. The van der Waals surface area contributed by atoms with Crippen LogP contribution in [0.1, 0.15) is 31.7 Å². The van der Waals surface area contributed by atoms with E-state index in [1.165, 1.54) is 0 Å². The van der Waals surface area contributed by atoms with Crippen molar-refractivity contribution in [1.82, 2.24) is 5.32 Å². The van der Waals surface area contributed by atoms with E-state index in [1.54, 1.807) is 0 Å². The van der Waals surface area contributed by atoms with E-state index in [1.807, 2.05) is 44.2 Å². The summed E-state index contributed by atoms with van der Waals surface area (Å²) < 4.78 is 0. The number of carboxylic acid groups (broad SMARTS) is 1. The van der Waals surface area contributed by atoms with Crippen LogP contribution in [-0.4, -0.2) is 29.0 Å². The van der Waals surface area contributed by atoms with Crippen molar-refractivity contribution in [2.75, 3.05) is 6.61 Å². The predicted octanol–water partition coefficient (Wildman–Crippen LogP) is 2.44. The zero-order valence-electron chi connectivity index (χ0n) is 10.8. The molecule has 3 N–H and O–H groups in total. The maximum absolute atomic E-state index is 10.9. The van der Waals surface area contributed by atoms with Gasteiger partial charge in [-0.3, -0.25) is 0 Å². The summed E-state index contributed by atoms with van der Waals surface area (Å²) in [5.41, 5.74) is 1.05. The number of rotatable bonds is 6. The Balaban J connectivity index is 2.96. The molecule has 0 aromatic heterocycles. The molecule has 0 bridgehead atoms. The molecule has 4 heteroatoms. The van der Waals surface area contributed by atoms with E-state index < -0.39 is 6.09 Å². The monoisotopic (exact) mass is 251 g/mol. The zero-order valence-corrected chi connectivity index (χ0v) is 10.8. The number of aliphatic hydroxyl groups is 1. The number of carbonyl (C=O) groups is 1. The number of aliphatic hydroxyl groups excluding tert-OH is 1. The molecule has 0 saturated heterocycles. The van der Waals surface area contributed by atoms with Crippen LogP contribution in [0.4, 0.5) is 4.79 Å². The second kappa shape index (κ2) is 7.01. The van der Waals surface area contributed by atoms with Gasteiger partial charge >= 0.3 is 6.09 Å². The van der Waals surface area contributed by atoms with Crippen LogP contribution in [0.3, 0.4) is 0 Å². The van der Waals surface area contributed by atoms with E-state index in [2.05, 4.69) is 5.32 Å². The quantitative estimate of drug-likeness (QED) is 0.727. The Morgan fingerprint density at radius 3 is 2.33 bits per heavy atom. The van der Waals surface area contributed by atoms with Gasteiger partial charge in [-0.15, -0.1) is 0 Å². The van der Waals surface area contributed by atoms with Crippen LogP contribution < -0.4 is 5.32 Å². The Morgan fingerprint density at radius 2 is 1.89 bits per heavy atom. The molecular formula is C14H21NO3. The van der Waals surface area contributed by atoms with Gasteiger partial charge in [0.1, 0.15) is 0 Å². The number of amides is 1. The van der Waals surface area contributed by atoms with E-state index in [-0.39, 0.29) is 24.5 Å². The normalized spacial score (nSPS) is 14.2. The van der Waals surface area contributed by atoms with Gasteiger partial charge in [0.2, 0.25) is 0 Å². The molecule has 1 amide bonds. The molecule has 0 spiro atoms. The summed E-state index contributed by atoms with van der Waals surface area (Å²) in [7, 11) is 0. The van der Waals surface area contributed by atoms with E-state index in [9.17, 15) is 9.90 Å². The molecule has 0 fully saturated rings. The van der Waals surface area contributed by atoms with Crippen LogP contribution in [0.15, 0.2) is 30.3 Å². The van der Waals surface area contributed by atoms with Crippen molar-refractivity contribution in [2.45, 2.75) is 32.2 Å². The average Bonchev–Trinajstić information content (AvgIpc) is 2.34. The smallest absolute Gasteiger partial charge is 0.404 e. The van der Waals surface area contributed by atoms with E-state index in [0.29, 0.717) is 6.42 Å². The predicted molar refractivity (Wildman–Crippen MR) is 70.7 cm³/mol. The first-order valence-electron chi connectivity index (χ1n) is 6.21. The first kappa shape index (κ1) is 14.5. The molecular weight excluding hydrogens is 230 g/mol. The van der Waals surface area contributed by atoms with Gasteiger partial charge in [0.15, 0.2) is 0 Å². The molecule has 100 valence electrons. The highest BCUT2D eigenvalue weighted by Gasteiger charge is 2.26.